The van der Waals surface area contributed by atoms with Crippen molar-refractivity contribution in [2.75, 3.05) is 47.1 Å². The highest BCUT2D eigenvalue weighted by Crippen LogP contribution is 2.40. The number of rotatable bonds is 22. The van der Waals surface area contributed by atoms with Gasteiger partial charge in [0.05, 0.1) is 74.8 Å². The van der Waals surface area contributed by atoms with Gasteiger partial charge >= 0.3 is 5.97 Å². The largest absolute Gasteiger partial charge is 0.475 e. The molecule has 9 aromatic carbocycles. The number of ketones is 2. The van der Waals surface area contributed by atoms with Gasteiger partial charge < -0.3 is 79.4 Å². The molecule has 43 heteroatoms. The predicted molar refractivity (Wildman–Crippen MR) is 476 cm³/mol. The summed E-state index contributed by atoms with van der Waals surface area (Å²) in [6, 6.07) is 38.4. The Morgan fingerprint density at radius 2 is 0.805 bits per heavy atom. The fraction of sp³-hybridized carbons (Fsp3) is 0.200. The number of amides is 9. The molecule has 17 N–H and O–H groups in total. The first-order valence-corrected chi connectivity index (χ1v) is 41.4. The number of carbonyl (C=O) groups excluding carboxylic acids is 11. The highest BCUT2D eigenvalue weighted by molar-refractivity contribution is 6.38. The summed E-state index contributed by atoms with van der Waals surface area (Å²) in [5.41, 5.74) is 32.2. The molecule has 36 nitrogen and oxygen atoms in total. The Balaban J connectivity index is 0.000000145. The number of alkyl halides is 3. The van der Waals surface area contributed by atoms with Crippen molar-refractivity contribution in [1.29, 1.82) is 0 Å². The van der Waals surface area contributed by atoms with Gasteiger partial charge in [0, 0.05) is 75.2 Å². The van der Waals surface area contributed by atoms with Crippen molar-refractivity contribution in [1.82, 2.24) is 73.9 Å². The lowest BCUT2D eigenvalue weighted by molar-refractivity contribution is -0.137. The zero-order valence-corrected chi connectivity index (χ0v) is 70.6. The number of carboxylic acid groups (broad SMARTS) is 1. The number of anilines is 5. The van der Waals surface area contributed by atoms with E-state index in [9.17, 15) is 75.8 Å². The van der Waals surface area contributed by atoms with E-state index in [4.69, 9.17) is 40.3 Å². The smallest absolute Gasteiger partial charge is 0.371 e. The highest BCUT2D eigenvalue weighted by atomic mass is 35.5. The Kier molecular flexibility index (Phi) is 24.6. The van der Waals surface area contributed by atoms with Gasteiger partial charge in [-0.1, -0.05) is 116 Å². The summed E-state index contributed by atoms with van der Waals surface area (Å²) in [7, 11) is 0. The van der Waals surface area contributed by atoms with Crippen molar-refractivity contribution in [3.63, 3.8) is 0 Å². The second-order valence-corrected chi connectivity index (χ2v) is 31.8. The third-order valence-corrected chi connectivity index (χ3v) is 23.2. The molecule has 0 radical (unpaired) electrons. The molecule has 9 heterocycles. The van der Waals surface area contributed by atoms with Crippen molar-refractivity contribution in [2.24, 2.45) is 17.2 Å². The number of carbonyl (C=O) groups is 12. The van der Waals surface area contributed by atoms with E-state index in [1.165, 1.54) is 99.8 Å². The minimum Gasteiger partial charge on any atom is -0.475 e. The number of aromatic nitrogens is 12. The molecule has 3 fully saturated rings. The maximum absolute atomic E-state index is 15.9. The van der Waals surface area contributed by atoms with E-state index in [2.05, 4.69) is 61.2 Å². The van der Waals surface area contributed by atoms with Crippen LogP contribution in [-0.4, -0.2) is 206 Å². The van der Waals surface area contributed by atoms with Crippen LogP contribution in [0.15, 0.2) is 164 Å². The number of halogens is 7. The number of carboxylic acids is 1. The second-order valence-electron chi connectivity index (χ2n) is 31.4. The Bertz CT molecular complexity index is 7390. The zero-order chi connectivity index (χ0) is 94.6. The Hall–Kier alpha value is -16.7. The number of likely N-dealkylation sites (tertiary alicyclic amines) is 3. The summed E-state index contributed by atoms with van der Waals surface area (Å²) in [5.74, 6) is -10.9. The fourth-order valence-corrected chi connectivity index (χ4v) is 17.0. The molecule has 3 aliphatic rings. The molecular weight excluding hydrogens is 1760 g/mol. The van der Waals surface area contributed by atoms with Gasteiger partial charge in [0.25, 0.3) is 17.7 Å². The van der Waals surface area contributed by atoms with Crippen LogP contribution in [0.25, 0.3) is 99.2 Å². The van der Waals surface area contributed by atoms with E-state index in [0.29, 0.717) is 71.4 Å². The first-order valence-electron chi connectivity index (χ1n) is 41.0. The lowest BCUT2D eigenvalue weighted by Crippen LogP contribution is -2.44. The van der Waals surface area contributed by atoms with Crippen molar-refractivity contribution < 1.29 is 89.0 Å². The highest BCUT2D eigenvalue weighted by Gasteiger charge is 2.44. The molecule has 3 aliphatic heterocycles. The molecule has 0 bridgehead atoms. The molecule has 6 aromatic heterocycles. The number of aromatic amines is 3. The lowest BCUT2D eigenvalue weighted by atomic mass is 9.98. The summed E-state index contributed by atoms with van der Waals surface area (Å²) >= 11 is 6.47. The number of benzene rings is 9. The van der Waals surface area contributed by atoms with E-state index in [-0.39, 0.29) is 166 Å². The second kappa shape index (κ2) is 36.5. The van der Waals surface area contributed by atoms with E-state index in [0.717, 1.165) is 14.7 Å². The van der Waals surface area contributed by atoms with Crippen molar-refractivity contribution in [3.05, 3.63) is 220 Å². The third-order valence-electron chi connectivity index (χ3n) is 22.8. The molecule has 133 heavy (non-hydrogen) atoms. The number of fused-ring (bicyclic) bond motifs is 6. The van der Waals surface area contributed by atoms with Crippen LogP contribution in [0.2, 0.25) is 5.02 Å². The van der Waals surface area contributed by atoms with Gasteiger partial charge in [-0.2, -0.15) is 15.3 Å². The van der Waals surface area contributed by atoms with Gasteiger partial charge in [0.2, 0.25) is 41.3 Å². The first kappa shape index (κ1) is 89.7. The SMILES string of the molecule is CC(=O)c1cc(-c2cccc(NC(=O)[C@@H]3C[C@@H](F)CN3C(=O)Cn3nc(C(N)=O)c4ccccc43)c2F)cc2[nH]c(N)nc12.CCC(=O)c1cc(-c2cccc(NC(=O)[C@@H]3C[C@@H](F)CN3C(=O)Cn3nc(C(N)=O)c4ccccc43)c2F)cc2[nH]c(N)nc12.NC(=O)c1nn(CC(=O)N2C[C@H](F)C[C@H]2C(=O)Nc2cccc(-c3ccc4[nH]c(C(=O)O)nc4c3Cl)c2F)c2ccccc12. The Morgan fingerprint density at radius 3 is 1.17 bits per heavy atom. The predicted octanol–water partition coefficient (Wildman–Crippen LogP) is 10.5. The van der Waals surface area contributed by atoms with E-state index < -0.39 is 120 Å². The Morgan fingerprint density at radius 1 is 0.444 bits per heavy atom. The van der Waals surface area contributed by atoms with Crippen LogP contribution >= 0.6 is 11.6 Å². The maximum atomic E-state index is 15.9. The van der Waals surface area contributed by atoms with Crippen LogP contribution < -0.4 is 44.6 Å². The van der Waals surface area contributed by atoms with E-state index in [1.54, 1.807) is 91.9 Å². The molecule has 0 unspecified atom stereocenters. The monoisotopic (exact) mass is 1840 g/mol. The standard InChI is InChI=1S/C31H28F2N8O4.C30H26F2N8O4.C29H22ClF2N7O5/c1-2-24(42)19-10-15(11-21-27(19)38-31(35)37-21)17-7-5-8-20(26(17)33)36-30(45)23-12-16(32)13-40(23)25(43)14-41-22-9-4-3-6-18(22)28(39-41)29(34)44;1-14(41)19-9-15(10-21-26(19)37-30(34)36-21)17-6-4-7-20(25(17)32)35-29(44)23-11-16(31)12-39(23)24(42)13-40-22-8-3-2-5-18(22)27(38-40)28(33)43;30-22-14(8-9-18-25(22)36-27(34-18)29(43)44)15-5-3-6-17(23(15)32)35-28(42)20-10-13(31)11-38(20)21(40)12-39-19-7-2-1-4-16(19)24(37-39)26(33)41/h3-11,16,23H,2,12-14H2,1H3,(H2,34,44)(H,36,45)(H3,35,37,38);2-10,16,23H,11-13H2,1H3,(H2,33,43)(H,35,44)(H3,34,36,37);1-9,13,20H,10-12H2,(H2,33,41)(H,34,36)(H,35,42)(H,43,44)/t2*16-,23+;13-,20+/m111/s1. The van der Waals surface area contributed by atoms with Gasteiger partial charge in [-0.25, -0.2) is 46.1 Å². The fourth-order valence-electron chi connectivity index (χ4n) is 16.7. The number of imidazole rings is 3. The molecule has 6 atom stereocenters. The Labute approximate surface area is 750 Å². The number of aromatic carboxylic acids is 1. The van der Waals surface area contributed by atoms with E-state index in [1.807, 2.05) is 0 Å². The number of nitrogens with one attached hydrogen (secondary N) is 6. The normalized spacial score (nSPS) is 16.4. The van der Waals surface area contributed by atoms with Crippen molar-refractivity contribution in [3.8, 4) is 33.4 Å². The van der Waals surface area contributed by atoms with Gasteiger partial charge in [0.15, 0.2) is 58.0 Å². The third kappa shape index (κ3) is 17.7. The number of H-pyrrole nitrogens is 3. The number of nitrogen functional groups attached to an aromatic ring is 2. The molecular formula is C90H76ClF6N23O13. The van der Waals surface area contributed by atoms with Crippen LogP contribution in [-0.2, 0) is 48.4 Å². The van der Waals surface area contributed by atoms with Crippen LogP contribution in [0.4, 0.5) is 55.3 Å². The summed E-state index contributed by atoms with van der Waals surface area (Å²) in [4.78, 5) is 176. The number of primary amides is 3. The minimum absolute atomic E-state index is 0.00638. The molecule has 0 spiro atoms. The molecule has 0 saturated carbocycles. The molecule has 0 aliphatic carbocycles. The van der Waals surface area contributed by atoms with Gasteiger partial charge in [-0.3, -0.25) is 66.8 Å². The molecule has 9 amide bonds. The average Bonchev–Trinajstić information content (AvgIpc) is 1.73. The van der Waals surface area contributed by atoms with Crippen LogP contribution in [0, 0.1) is 17.5 Å². The summed E-state index contributed by atoms with van der Waals surface area (Å²) in [5, 5.41) is 30.5. The average molecular weight is 1840 g/mol. The number of para-hydroxylation sites is 3. The number of nitrogens with zero attached hydrogens (tertiary/aromatic N) is 12. The van der Waals surface area contributed by atoms with Crippen LogP contribution in [0.5, 0.6) is 0 Å². The summed E-state index contributed by atoms with van der Waals surface area (Å²) in [6.07, 6.45) is -5.16. The quantitative estimate of drug-likeness (QED) is 0.0221. The van der Waals surface area contributed by atoms with Crippen molar-refractivity contribution in [2.45, 2.75) is 95.8 Å². The van der Waals surface area contributed by atoms with Crippen LogP contribution in [0.3, 0.4) is 0 Å². The lowest BCUT2D eigenvalue weighted by Gasteiger charge is -2.24. The maximum Gasteiger partial charge on any atom is 0.371 e. The van der Waals surface area contributed by atoms with Gasteiger partial charge in [-0.15, -0.1) is 0 Å². The van der Waals surface area contributed by atoms with E-state index >= 15 is 13.2 Å². The number of hydrogen-bond acceptors (Lipinski definition) is 20. The molecule has 3 saturated heterocycles. The van der Waals surface area contributed by atoms with Crippen LogP contribution in [0.1, 0.15) is 102 Å². The number of hydrogen-bond donors (Lipinski definition) is 12. The zero-order valence-electron chi connectivity index (χ0n) is 69.9. The number of Topliss-reactive ketones (excluding diaryl/α,β-unsaturated/α-hetero) is 2. The van der Waals surface area contributed by atoms with Gasteiger partial charge in [-0.05, 0) is 84.8 Å². The number of nitrogens with two attached hydrogens (primary N) is 5. The summed E-state index contributed by atoms with van der Waals surface area (Å²) < 4.78 is 95.1. The first-order chi connectivity index (χ1) is 63.6. The minimum atomic E-state index is -1.50. The van der Waals surface area contributed by atoms with Crippen molar-refractivity contribution >= 4 is 177 Å². The molecule has 18 rings (SSSR count). The summed E-state index contributed by atoms with van der Waals surface area (Å²) in [6.45, 7) is 0.841. The molecule has 15 aromatic rings. The topological polar surface area (TPSA) is 540 Å². The molecule has 678 valence electrons. The van der Waals surface area contributed by atoms with Gasteiger partial charge in [0.1, 0.15) is 72.8 Å².